The standard InChI is InChI=1S/C8H4ClIN2S/c9-7-3-5(10)1-2-6(7)8-12-11-4-13-8/h1-4H. The van der Waals surface area contributed by atoms with E-state index in [1.54, 1.807) is 5.51 Å². The Morgan fingerprint density at radius 3 is 2.85 bits per heavy atom. The van der Waals surface area contributed by atoms with E-state index in [1.807, 2.05) is 18.2 Å². The molecule has 0 fully saturated rings. The largest absolute Gasteiger partial charge is 0.149 e. The fourth-order valence-electron chi connectivity index (χ4n) is 0.953. The molecule has 2 nitrogen and oxygen atoms in total. The van der Waals surface area contributed by atoms with Crippen LogP contribution >= 0.6 is 45.5 Å². The van der Waals surface area contributed by atoms with E-state index in [-0.39, 0.29) is 0 Å². The number of benzene rings is 1. The summed E-state index contributed by atoms with van der Waals surface area (Å²) < 4.78 is 1.12. The van der Waals surface area contributed by atoms with E-state index in [1.165, 1.54) is 11.3 Å². The lowest BCUT2D eigenvalue weighted by molar-refractivity contribution is 1.10. The molecular weight excluding hydrogens is 319 g/mol. The molecule has 2 aromatic rings. The summed E-state index contributed by atoms with van der Waals surface area (Å²) in [5, 5.41) is 9.32. The van der Waals surface area contributed by atoms with Gasteiger partial charge in [-0.15, -0.1) is 10.2 Å². The predicted molar refractivity (Wildman–Crippen MR) is 63.1 cm³/mol. The lowest BCUT2D eigenvalue weighted by Gasteiger charge is -1.99. The Morgan fingerprint density at radius 1 is 1.38 bits per heavy atom. The van der Waals surface area contributed by atoms with Crippen LogP contribution in [0.5, 0.6) is 0 Å². The van der Waals surface area contributed by atoms with Crippen molar-refractivity contribution in [2.75, 3.05) is 0 Å². The van der Waals surface area contributed by atoms with Crippen LogP contribution in [0.3, 0.4) is 0 Å². The van der Waals surface area contributed by atoms with Gasteiger partial charge in [0, 0.05) is 9.13 Å². The highest BCUT2D eigenvalue weighted by atomic mass is 127. The van der Waals surface area contributed by atoms with Crippen molar-refractivity contribution in [3.63, 3.8) is 0 Å². The van der Waals surface area contributed by atoms with E-state index in [4.69, 9.17) is 11.6 Å². The lowest BCUT2D eigenvalue weighted by Crippen LogP contribution is -1.80. The first-order chi connectivity index (χ1) is 6.27. The Morgan fingerprint density at radius 2 is 2.23 bits per heavy atom. The van der Waals surface area contributed by atoms with Gasteiger partial charge in [0.15, 0.2) is 0 Å². The van der Waals surface area contributed by atoms with Gasteiger partial charge in [-0.1, -0.05) is 22.9 Å². The van der Waals surface area contributed by atoms with Crippen molar-refractivity contribution in [1.29, 1.82) is 0 Å². The second-order valence-electron chi connectivity index (χ2n) is 2.37. The SMILES string of the molecule is Clc1cc(I)ccc1-c1nncs1. The zero-order chi connectivity index (χ0) is 9.26. The summed E-state index contributed by atoms with van der Waals surface area (Å²) in [6.07, 6.45) is 0. The normalized spacial score (nSPS) is 10.3. The maximum absolute atomic E-state index is 6.06. The van der Waals surface area contributed by atoms with Crippen LogP contribution in [0.25, 0.3) is 10.6 Å². The minimum absolute atomic E-state index is 0.726. The maximum atomic E-state index is 6.06. The molecule has 0 N–H and O–H groups in total. The molecule has 0 unspecified atom stereocenters. The van der Waals surface area contributed by atoms with E-state index >= 15 is 0 Å². The van der Waals surface area contributed by atoms with Crippen molar-refractivity contribution in [2.45, 2.75) is 0 Å². The van der Waals surface area contributed by atoms with Crippen molar-refractivity contribution < 1.29 is 0 Å². The Kier molecular flexibility index (Phi) is 2.80. The average molecular weight is 323 g/mol. The van der Waals surface area contributed by atoms with Gasteiger partial charge in [0.2, 0.25) is 0 Å². The van der Waals surface area contributed by atoms with Crippen molar-refractivity contribution in [3.8, 4) is 10.6 Å². The molecule has 0 saturated carbocycles. The number of aromatic nitrogens is 2. The zero-order valence-electron chi connectivity index (χ0n) is 6.37. The van der Waals surface area contributed by atoms with Gasteiger partial charge >= 0.3 is 0 Å². The molecule has 1 heterocycles. The van der Waals surface area contributed by atoms with Gasteiger partial charge in [-0.2, -0.15) is 0 Å². The monoisotopic (exact) mass is 322 g/mol. The molecule has 2 rings (SSSR count). The third kappa shape index (κ3) is 2.00. The summed E-state index contributed by atoms with van der Waals surface area (Å²) >= 11 is 9.76. The first kappa shape index (κ1) is 9.36. The second kappa shape index (κ2) is 3.89. The highest BCUT2D eigenvalue weighted by molar-refractivity contribution is 14.1. The summed E-state index contributed by atoms with van der Waals surface area (Å²) in [6.45, 7) is 0. The van der Waals surface area contributed by atoms with Crippen molar-refractivity contribution >= 4 is 45.5 Å². The van der Waals surface area contributed by atoms with Crippen molar-refractivity contribution in [1.82, 2.24) is 10.2 Å². The highest BCUT2D eigenvalue weighted by Gasteiger charge is 2.06. The third-order valence-corrected chi connectivity index (χ3v) is 3.23. The summed E-state index contributed by atoms with van der Waals surface area (Å²) in [4.78, 5) is 0. The highest BCUT2D eigenvalue weighted by Crippen LogP contribution is 2.29. The topological polar surface area (TPSA) is 25.8 Å². The Balaban J connectivity index is 2.53. The number of hydrogen-bond donors (Lipinski definition) is 0. The first-order valence-electron chi connectivity index (χ1n) is 3.49. The minimum Gasteiger partial charge on any atom is -0.147 e. The van der Waals surface area contributed by atoms with Crippen LogP contribution < -0.4 is 0 Å². The lowest BCUT2D eigenvalue weighted by atomic mass is 10.2. The molecule has 0 amide bonds. The molecule has 0 aliphatic heterocycles. The Bertz CT molecular complexity index is 416. The number of nitrogens with zero attached hydrogens (tertiary/aromatic N) is 2. The van der Waals surface area contributed by atoms with Gasteiger partial charge in [0.1, 0.15) is 10.5 Å². The molecule has 0 aliphatic rings. The molecule has 13 heavy (non-hydrogen) atoms. The number of hydrogen-bond acceptors (Lipinski definition) is 3. The Labute approximate surface area is 98.1 Å². The van der Waals surface area contributed by atoms with Crippen LogP contribution in [0.15, 0.2) is 23.7 Å². The van der Waals surface area contributed by atoms with Crippen molar-refractivity contribution in [2.24, 2.45) is 0 Å². The van der Waals surface area contributed by atoms with Crippen LogP contribution in [0.4, 0.5) is 0 Å². The molecule has 0 bridgehead atoms. The molecule has 0 saturated heterocycles. The quantitative estimate of drug-likeness (QED) is 0.751. The van der Waals surface area contributed by atoms with E-state index in [2.05, 4.69) is 32.8 Å². The molecule has 0 aliphatic carbocycles. The summed E-state index contributed by atoms with van der Waals surface area (Å²) in [5.41, 5.74) is 2.65. The number of rotatable bonds is 1. The van der Waals surface area contributed by atoms with Crippen LogP contribution in [-0.4, -0.2) is 10.2 Å². The Hall–Kier alpha value is -0.200. The third-order valence-electron chi connectivity index (χ3n) is 1.52. The van der Waals surface area contributed by atoms with Crippen LogP contribution in [-0.2, 0) is 0 Å². The van der Waals surface area contributed by atoms with Crippen LogP contribution in [0.2, 0.25) is 5.02 Å². The van der Waals surface area contributed by atoms with Gasteiger partial charge in [-0.25, -0.2) is 0 Å². The molecule has 1 aromatic heterocycles. The summed E-state index contributed by atoms with van der Waals surface area (Å²) in [6, 6.07) is 5.88. The van der Waals surface area contributed by atoms with Crippen LogP contribution in [0, 0.1) is 3.57 Å². The minimum atomic E-state index is 0.726. The molecule has 0 radical (unpaired) electrons. The zero-order valence-corrected chi connectivity index (χ0v) is 10.1. The fourth-order valence-corrected chi connectivity index (χ4v) is 2.55. The smallest absolute Gasteiger partial charge is 0.147 e. The van der Waals surface area contributed by atoms with Gasteiger partial charge in [-0.05, 0) is 40.8 Å². The van der Waals surface area contributed by atoms with Crippen molar-refractivity contribution in [3.05, 3.63) is 32.3 Å². The molecule has 0 spiro atoms. The predicted octanol–water partition coefficient (Wildman–Crippen LogP) is 3.46. The average Bonchev–Trinajstić information content (AvgIpc) is 2.56. The summed E-state index contributed by atoms with van der Waals surface area (Å²) in [7, 11) is 0. The molecule has 66 valence electrons. The van der Waals surface area contributed by atoms with E-state index in [0.29, 0.717) is 0 Å². The fraction of sp³-hybridized carbons (Fsp3) is 0. The van der Waals surface area contributed by atoms with E-state index in [9.17, 15) is 0 Å². The second-order valence-corrected chi connectivity index (χ2v) is 4.85. The summed E-state index contributed by atoms with van der Waals surface area (Å²) in [5.74, 6) is 0. The molecule has 1 aromatic carbocycles. The van der Waals surface area contributed by atoms with Gasteiger partial charge in [0.25, 0.3) is 0 Å². The molecule has 5 heteroatoms. The van der Waals surface area contributed by atoms with Gasteiger partial charge < -0.3 is 0 Å². The molecular formula is C8H4ClIN2S. The van der Waals surface area contributed by atoms with Gasteiger partial charge in [-0.3, -0.25) is 0 Å². The maximum Gasteiger partial charge on any atom is 0.149 e. The van der Waals surface area contributed by atoms with E-state index < -0.39 is 0 Å². The first-order valence-corrected chi connectivity index (χ1v) is 5.82. The number of halogens is 2. The van der Waals surface area contributed by atoms with Gasteiger partial charge in [0.05, 0.1) is 5.02 Å². The molecule has 0 atom stereocenters. The van der Waals surface area contributed by atoms with E-state index in [0.717, 1.165) is 19.2 Å². The van der Waals surface area contributed by atoms with Crippen LogP contribution in [0.1, 0.15) is 0 Å².